The van der Waals surface area contributed by atoms with E-state index in [2.05, 4.69) is 29.6 Å². The van der Waals surface area contributed by atoms with E-state index >= 15 is 0 Å². The van der Waals surface area contributed by atoms with Crippen LogP contribution < -0.4 is 0 Å². The minimum Gasteiger partial charge on any atom is -0.378 e. The average Bonchev–Trinajstić information content (AvgIpc) is 2.83. The zero-order chi connectivity index (χ0) is 16.4. The van der Waals surface area contributed by atoms with Crippen LogP contribution >= 0.6 is 23.2 Å². The Kier molecular flexibility index (Phi) is 4.95. The highest BCUT2D eigenvalue weighted by Gasteiger charge is 2.14. The third-order valence-electron chi connectivity index (χ3n) is 3.99. The van der Waals surface area contributed by atoms with Crippen molar-refractivity contribution >= 4 is 29.4 Å². The fourth-order valence-electron chi connectivity index (χ4n) is 2.77. The van der Waals surface area contributed by atoms with Crippen molar-refractivity contribution < 1.29 is 4.74 Å². The first-order valence-corrected chi connectivity index (χ1v) is 8.33. The molecule has 0 aliphatic carbocycles. The molecule has 0 unspecified atom stereocenters. The first-order valence-electron chi connectivity index (χ1n) is 7.58. The fourth-order valence-corrected chi connectivity index (χ4v) is 3.15. The summed E-state index contributed by atoms with van der Waals surface area (Å²) in [7, 11) is 0. The lowest BCUT2D eigenvalue weighted by Crippen LogP contribution is -2.32. The largest absolute Gasteiger partial charge is 0.378 e. The van der Waals surface area contributed by atoms with Crippen molar-refractivity contribution in [2.45, 2.75) is 13.8 Å². The summed E-state index contributed by atoms with van der Waals surface area (Å²) in [5, 5.41) is 7.71. The van der Waals surface area contributed by atoms with Gasteiger partial charge in [-0.25, -0.2) is 0 Å². The monoisotopic (exact) mass is 351 g/mol. The van der Waals surface area contributed by atoms with Crippen molar-refractivity contribution in [2.24, 2.45) is 5.10 Å². The molecule has 0 spiro atoms. The molecule has 0 radical (unpaired) electrons. The van der Waals surface area contributed by atoms with Gasteiger partial charge in [-0.2, -0.15) is 5.10 Å². The Bertz CT molecular complexity index is 734. The number of hydrogen-bond acceptors (Lipinski definition) is 3. The van der Waals surface area contributed by atoms with Gasteiger partial charge in [0.05, 0.1) is 48.3 Å². The Balaban J connectivity index is 1.93. The molecule has 6 heteroatoms. The molecule has 0 N–H and O–H groups in total. The summed E-state index contributed by atoms with van der Waals surface area (Å²) in [6.45, 7) is 7.23. The zero-order valence-corrected chi connectivity index (χ0v) is 14.7. The molecule has 0 amide bonds. The van der Waals surface area contributed by atoms with Crippen LogP contribution in [0.4, 0.5) is 0 Å². The van der Waals surface area contributed by atoms with E-state index in [1.807, 2.05) is 23.4 Å². The third kappa shape index (κ3) is 3.39. The topological polar surface area (TPSA) is 29.8 Å². The van der Waals surface area contributed by atoms with Gasteiger partial charge >= 0.3 is 0 Å². The second-order valence-corrected chi connectivity index (χ2v) is 6.33. The van der Waals surface area contributed by atoms with Crippen LogP contribution in [0.3, 0.4) is 0 Å². The SMILES string of the molecule is Cc1cc(/C=N\N2CCOCC2)c(C)n1-c1cccc(Cl)c1Cl. The van der Waals surface area contributed by atoms with Gasteiger partial charge in [0.2, 0.25) is 0 Å². The molecule has 1 aromatic heterocycles. The lowest BCUT2D eigenvalue weighted by Gasteiger charge is -2.23. The van der Waals surface area contributed by atoms with Gasteiger partial charge in [-0.3, -0.25) is 5.01 Å². The van der Waals surface area contributed by atoms with Crippen LogP contribution in [0, 0.1) is 13.8 Å². The van der Waals surface area contributed by atoms with E-state index in [9.17, 15) is 0 Å². The van der Waals surface area contributed by atoms with E-state index < -0.39 is 0 Å². The van der Waals surface area contributed by atoms with Crippen LogP contribution in [0.25, 0.3) is 5.69 Å². The van der Waals surface area contributed by atoms with Crippen LogP contribution in [0.15, 0.2) is 29.4 Å². The average molecular weight is 352 g/mol. The van der Waals surface area contributed by atoms with Crippen LogP contribution in [0.1, 0.15) is 17.0 Å². The fraction of sp³-hybridized carbons (Fsp3) is 0.353. The van der Waals surface area contributed by atoms with E-state index in [1.165, 1.54) is 0 Å². The molecular weight excluding hydrogens is 333 g/mol. The molecule has 1 aliphatic rings. The van der Waals surface area contributed by atoms with E-state index in [-0.39, 0.29) is 0 Å². The number of hydrazone groups is 1. The van der Waals surface area contributed by atoms with Crippen molar-refractivity contribution in [3.63, 3.8) is 0 Å². The Hall–Kier alpha value is -1.49. The molecule has 4 nitrogen and oxygen atoms in total. The quantitative estimate of drug-likeness (QED) is 0.780. The van der Waals surface area contributed by atoms with E-state index in [0.717, 1.165) is 48.9 Å². The lowest BCUT2D eigenvalue weighted by atomic mass is 10.2. The highest BCUT2D eigenvalue weighted by Crippen LogP contribution is 2.31. The molecule has 0 bridgehead atoms. The first-order chi connectivity index (χ1) is 11.1. The number of aromatic nitrogens is 1. The summed E-state index contributed by atoms with van der Waals surface area (Å²) in [6, 6.07) is 7.78. The van der Waals surface area contributed by atoms with Crippen molar-refractivity contribution in [3.8, 4) is 5.69 Å². The molecule has 1 fully saturated rings. The molecule has 122 valence electrons. The second kappa shape index (κ2) is 6.95. The summed E-state index contributed by atoms with van der Waals surface area (Å²) in [5.41, 5.74) is 4.14. The van der Waals surface area contributed by atoms with Crippen LogP contribution in [0.2, 0.25) is 10.0 Å². The summed E-state index contributed by atoms with van der Waals surface area (Å²) < 4.78 is 7.44. The molecule has 2 heterocycles. The van der Waals surface area contributed by atoms with Gasteiger partial charge in [0.15, 0.2) is 0 Å². The minimum atomic E-state index is 0.556. The van der Waals surface area contributed by atoms with E-state index in [1.54, 1.807) is 6.07 Å². The molecule has 23 heavy (non-hydrogen) atoms. The predicted molar refractivity (Wildman–Crippen MR) is 95.2 cm³/mol. The number of ether oxygens (including phenoxy) is 1. The van der Waals surface area contributed by atoms with E-state index in [4.69, 9.17) is 27.9 Å². The normalized spacial score (nSPS) is 15.6. The molecule has 1 aromatic carbocycles. The van der Waals surface area contributed by atoms with Gasteiger partial charge in [-0.15, -0.1) is 0 Å². The minimum absolute atomic E-state index is 0.556. The van der Waals surface area contributed by atoms with Gasteiger partial charge in [-0.1, -0.05) is 29.3 Å². The highest BCUT2D eigenvalue weighted by molar-refractivity contribution is 6.43. The molecule has 1 aliphatic heterocycles. The predicted octanol–water partition coefficient (Wildman–Crippen LogP) is 4.07. The van der Waals surface area contributed by atoms with Crippen molar-refractivity contribution in [3.05, 3.63) is 51.3 Å². The zero-order valence-electron chi connectivity index (χ0n) is 13.2. The summed E-state index contributed by atoms with van der Waals surface area (Å²) in [4.78, 5) is 0. The summed E-state index contributed by atoms with van der Waals surface area (Å²) >= 11 is 12.5. The molecule has 2 aromatic rings. The number of benzene rings is 1. The highest BCUT2D eigenvalue weighted by atomic mass is 35.5. The Morgan fingerprint density at radius 2 is 1.91 bits per heavy atom. The molecule has 1 saturated heterocycles. The lowest BCUT2D eigenvalue weighted by molar-refractivity contribution is 0.0397. The number of halogens is 2. The maximum absolute atomic E-state index is 6.37. The van der Waals surface area contributed by atoms with Crippen molar-refractivity contribution in [1.29, 1.82) is 0 Å². The Labute approximate surface area is 146 Å². The smallest absolute Gasteiger partial charge is 0.0832 e. The van der Waals surface area contributed by atoms with Crippen molar-refractivity contribution in [1.82, 2.24) is 9.58 Å². The second-order valence-electron chi connectivity index (χ2n) is 5.55. The molecule has 0 saturated carbocycles. The number of aryl methyl sites for hydroxylation is 1. The van der Waals surface area contributed by atoms with Gasteiger partial charge in [0.25, 0.3) is 0 Å². The number of rotatable bonds is 3. The maximum Gasteiger partial charge on any atom is 0.0832 e. The number of morpholine rings is 1. The Morgan fingerprint density at radius 1 is 1.17 bits per heavy atom. The van der Waals surface area contributed by atoms with E-state index in [0.29, 0.717) is 10.0 Å². The van der Waals surface area contributed by atoms with Crippen LogP contribution in [-0.2, 0) is 4.74 Å². The number of hydrogen-bond donors (Lipinski definition) is 0. The maximum atomic E-state index is 6.37. The molecular formula is C17H19Cl2N3O. The van der Waals surface area contributed by atoms with Gasteiger partial charge in [0.1, 0.15) is 0 Å². The van der Waals surface area contributed by atoms with Gasteiger partial charge in [-0.05, 0) is 32.0 Å². The van der Waals surface area contributed by atoms with Crippen LogP contribution in [0.5, 0.6) is 0 Å². The Morgan fingerprint density at radius 3 is 2.65 bits per heavy atom. The first kappa shape index (κ1) is 16.4. The molecule has 0 atom stereocenters. The van der Waals surface area contributed by atoms with Crippen molar-refractivity contribution in [2.75, 3.05) is 26.3 Å². The molecule has 3 rings (SSSR count). The van der Waals surface area contributed by atoms with Gasteiger partial charge < -0.3 is 9.30 Å². The third-order valence-corrected chi connectivity index (χ3v) is 4.80. The number of nitrogens with zero attached hydrogens (tertiary/aromatic N) is 3. The van der Waals surface area contributed by atoms with Gasteiger partial charge in [0, 0.05) is 17.0 Å². The summed E-state index contributed by atoms with van der Waals surface area (Å²) in [6.07, 6.45) is 1.91. The van der Waals surface area contributed by atoms with Crippen LogP contribution in [-0.4, -0.2) is 42.1 Å². The standard InChI is InChI=1S/C17H19Cl2N3O/c1-12-10-14(11-20-21-6-8-23-9-7-21)13(2)22(12)16-5-3-4-15(18)17(16)19/h3-5,10-11H,6-9H2,1-2H3/b20-11-. The summed E-state index contributed by atoms with van der Waals surface area (Å²) in [5.74, 6) is 0.